The first-order valence-electron chi connectivity index (χ1n) is 6.15. The third-order valence-corrected chi connectivity index (χ3v) is 2.66. The number of aromatic nitrogens is 5. The number of hydrogen-bond acceptors (Lipinski definition) is 4. The molecule has 0 radical (unpaired) electrons. The molecule has 0 amide bonds. The largest absolute Gasteiger partial charge is 0.348 e. The molecule has 18 heavy (non-hydrogen) atoms. The summed E-state index contributed by atoms with van der Waals surface area (Å²) in [5, 5.41) is 11.6. The van der Waals surface area contributed by atoms with E-state index in [4.69, 9.17) is 0 Å². The number of imidazole rings is 1. The van der Waals surface area contributed by atoms with E-state index in [1.54, 1.807) is 6.33 Å². The van der Waals surface area contributed by atoms with Gasteiger partial charge in [0.1, 0.15) is 0 Å². The molecule has 2 N–H and O–H groups in total. The Hall–Kier alpha value is -1.69. The summed E-state index contributed by atoms with van der Waals surface area (Å²) >= 11 is 0. The third kappa shape index (κ3) is 3.40. The second-order valence-corrected chi connectivity index (χ2v) is 5.33. The average Bonchev–Trinajstić information content (AvgIpc) is 2.95. The van der Waals surface area contributed by atoms with Crippen LogP contribution >= 0.6 is 0 Å². The van der Waals surface area contributed by atoms with Crippen molar-refractivity contribution in [1.29, 1.82) is 0 Å². The number of nitrogens with one attached hydrogen (secondary N) is 2. The van der Waals surface area contributed by atoms with Crippen molar-refractivity contribution >= 4 is 0 Å². The van der Waals surface area contributed by atoms with Gasteiger partial charge in [-0.2, -0.15) is 0 Å². The number of rotatable bonds is 5. The van der Waals surface area contributed by atoms with Crippen molar-refractivity contribution in [1.82, 2.24) is 30.3 Å². The minimum absolute atomic E-state index is 0.0127. The van der Waals surface area contributed by atoms with Crippen molar-refractivity contribution in [3.05, 3.63) is 30.1 Å². The average molecular weight is 248 g/mol. The Morgan fingerprint density at radius 2 is 2.22 bits per heavy atom. The summed E-state index contributed by atoms with van der Waals surface area (Å²) in [5.41, 5.74) is 2.09. The highest BCUT2D eigenvalue weighted by molar-refractivity contribution is 4.96. The van der Waals surface area contributed by atoms with Crippen LogP contribution in [0.4, 0.5) is 0 Å². The maximum absolute atomic E-state index is 4.15. The van der Waals surface area contributed by atoms with Gasteiger partial charge in [0, 0.05) is 31.4 Å². The molecule has 2 rings (SSSR count). The first kappa shape index (κ1) is 12.8. The fraction of sp³-hybridized carbons (Fsp3) is 0.583. The predicted octanol–water partition coefficient (Wildman–Crippen LogP) is 1.09. The minimum Gasteiger partial charge on any atom is -0.348 e. The van der Waals surface area contributed by atoms with E-state index in [1.165, 1.54) is 0 Å². The molecule has 2 heterocycles. The lowest BCUT2D eigenvalue weighted by atomic mass is 10.1. The van der Waals surface area contributed by atoms with Crippen molar-refractivity contribution in [3.63, 3.8) is 0 Å². The van der Waals surface area contributed by atoms with Crippen LogP contribution in [0.2, 0.25) is 0 Å². The van der Waals surface area contributed by atoms with Crippen LogP contribution < -0.4 is 5.32 Å². The Morgan fingerprint density at radius 1 is 1.39 bits per heavy atom. The molecule has 0 aliphatic heterocycles. The van der Waals surface area contributed by atoms with Gasteiger partial charge in [0.25, 0.3) is 0 Å². The zero-order chi connectivity index (χ0) is 13.0. The summed E-state index contributed by atoms with van der Waals surface area (Å²) in [7, 11) is 0. The molecular formula is C12H20N6. The van der Waals surface area contributed by atoms with E-state index in [-0.39, 0.29) is 5.54 Å². The lowest BCUT2D eigenvalue weighted by Gasteiger charge is -2.17. The van der Waals surface area contributed by atoms with Gasteiger partial charge in [0.05, 0.1) is 23.8 Å². The molecule has 0 aliphatic carbocycles. The van der Waals surface area contributed by atoms with Gasteiger partial charge in [-0.1, -0.05) is 5.21 Å². The second kappa shape index (κ2) is 5.30. The molecule has 0 bridgehead atoms. The van der Waals surface area contributed by atoms with E-state index >= 15 is 0 Å². The van der Waals surface area contributed by atoms with Crippen LogP contribution in [-0.2, 0) is 18.5 Å². The molecule has 0 spiro atoms. The number of aromatic amines is 1. The van der Waals surface area contributed by atoms with E-state index in [2.05, 4.69) is 46.4 Å². The van der Waals surface area contributed by atoms with Crippen LogP contribution in [-0.4, -0.2) is 31.5 Å². The molecule has 0 aliphatic rings. The summed E-state index contributed by atoms with van der Waals surface area (Å²) in [6.07, 6.45) is 6.47. The standard InChI is InChI=1S/C12H20N6/c1-12(2,3)18-8-11(16-17-18)7-13-5-4-10-6-14-9-15-10/h6,8-9,13H,4-5,7H2,1-3H3,(H,14,15). The molecule has 0 saturated heterocycles. The smallest absolute Gasteiger partial charge is 0.0965 e. The predicted molar refractivity (Wildman–Crippen MR) is 69.0 cm³/mol. The SMILES string of the molecule is CC(C)(C)n1cc(CNCCc2cnc[nH]2)nn1. The van der Waals surface area contributed by atoms with Crippen molar-refractivity contribution in [2.45, 2.75) is 39.3 Å². The van der Waals surface area contributed by atoms with E-state index in [0.717, 1.165) is 30.9 Å². The molecule has 0 aromatic carbocycles. The van der Waals surface area contributed by atoms with Crippen molar-refractivity contribution in [2.75, 3.05) is 6.54 Å². The van der Waals surface area contributed by atoms with Gasteiger partial charge in [-0.05, 0) is 20.8 Å². The normalized spacial score (nSPS) is 11.9. The monoisotopic (exact) mass is 248 g/mol. The summed E-state index contributed by atoms with van der Waals surface area (Å²) < 4.78 is 1.89. The molecule has 2 aromatic rings. The van der Waals surface area contributed by atoms with Crippen LogP contribution in [0.1, 0.15) is 32.2 Å². The zero-order valence-electron chi connectivity index (χ0n) is 11.1. The lowest BCUT2D eigenvalue weighted by molar-refractivity contribution is 0.347. The van der Waals surface area contributed by atoms with E-state index < -0.39 is 0 Å². The molecule has 0 atom stereocenters. The topological polar surface area (TPSA) is 71.4 Å². The first-order valence-corrected chi connectivity index (χ1v) is 6.15. The van der Waals surface area contributed by atoms with Gasteiger partial charge in [-0.15, -0.1) is 5.10 Å². The molecule has 0 saturated carbocycles. The van der Waals surface area contributed by atoms with Gasteiger partial charge < -0.3 is 10.3 Å². The van der Waals surface area contributed by atoms with Crippen LogP contribution in [0.15, 0.2) is 18.7 Å². The highest BCUT2D eigenvalue weighted by Crippen LogP contribution is 2.11. The molecule has 6 heteroatoms. The van der Waals surface area contributed by atoms with Gasteiger partial charge in [0.15, 0.2) is 0 Å². The van der Waals surface area contributed by atoms with Crippen LogP contribution in [0.3, 0.4) is 0 Å². The first-order chi connectivity index (χ1) is 8.55. The molecular weight excluding hydrogens is 228 g/mol. The number of nitrogens with zero attached hydrogens (tertiary/aromatic N) is 4. The highest BCUT2D eigenvalue weighted by atomic mass is 15.4. The Labute approximate surface area is 107 Å². The van der Waals surface area contributed by atoms with Crippen molar-refractivity contribution in [3.8, 4) is 0 Å². The summed E-state index contributed by atoms with van der Waals surface area (Å²) in [6, 6.07) is 0. The van der Waals surface area contributed by atoms with Gasteiger partial charge >= 0.3 is 0 Å². The Balaban J connectivity index is 1.75. The van der Waals surface area contributed by atoms with Gasteiger partial charge in [0.2, 0.25) is 0 Å². The van der Waals surface area contributed by atoms with E-state index in [0.29, 0.717) is 0 Å². The van der Waals surface area contributed by atoms with E-state index in [9.17, 15) is 0 Å². The fourth-order valence-corrected chi connectivity index (χ4v) is 1.57. The molecule has 98 valence electrons. The van der Waals surface area contributed by atoms with Crippen LogP contribution in [0.5, 0.6) is 0 Å². The zero-order valence-corrected chi connectivity index (χ0v) is 11.1. The van der Waals surface area contributed by atoms with E-state index in [1.807, 2.05) is 17.1 Å². The number of hydrogen-bond donors (Lipinski definition) is 2. The maximum atomic E-state index is 4.15. The number of H-pyrrole nitrogens is 1. The fourth-order valence-electron chi connectivity index (χ4n) is 1.57. The van der Waals surface area contributed by atoms with Gasteiger partial charge in [-0.3, -0.25) is 0 Å². The van der Waals surface area contributed by atoms with Crippen molar-refractivity contribution < 1.29 is 0 Å². The minimum atomic E-state index is -0.0127. The quantitative estimate of drug-likeness (QED) is 0.777. The Morgan fingerprint density at radius 3 is 2.83 bits per heavy atom. The summed E-state index contributed by atoms with van der Waals surface area (Å²) in [5.74, 6) is 0. The summed E-state index contributed by atoms with van der Waals surface area (Å²) in [6.45, 7) is 7.96. The maximum Gasteiger partial charge on any atom is 0.0965 e. The molecule has 0 fully saturated rings. The van der Waals surface area contributed by atoms with Crippen molar-refractivity contribution in [2.24, 2.45) is 0 Å². The second-order valence-electron chi connectivity index (χ2n) is 5.33. The Bertz CT molecular complexity index is 465. The van der Waals surface area contributed by atoms with Crippen LogP contribution in [0, 0.1) is 0 Å². The molecule has 2 aromatic heterocycles. The highest BCUT2D eigenvalue weighted by Gasteiger charge is 2.14. The van der Waals surface area contributed by atoms with Crippen LogP contribution in [0.25, 0.3) is 0 Å². The molecule has 6 nitrogen and oxygen atoms in total. The lowest BCUT2D eigenvalue weighted by Crippen LogP contribution is -2.22. The molecule has 0 unspecified atom stereocenters. The van der Waals surface area contributed by atoms with Gasteiger partial charge in [-0.25, -0.2) is 9.67 Å². The Kier molecular flexibility index (Phi) is 3.76. The third-order valence-electron chi connectivity index (χ3n) is 2.66. The summed E-state index contributed by atoms with van der Waals surface area (Å²) in [4.78, 5) is 7.06.